The van der Waals surface area contributed by atoms with Crippen LogP contribution in [0.15, 0.2) is 18.2 Å². The molecule has 6 nitrogen and oxygen atoms in total. The third-order valence-electron chi connectivity index (χ3n) is 3.70. The molecule has 1 rings (SSSR count). The number of carbonyl (C=O) groups excluding carboxylic acids is 1. The molecule has 0 radical (unpaired) electrons. The van der Waals surface area contributed by atoms with Gasteiger partial charge < -0.3 is 11.1 Å². The van der Waals surface area contributed by atoms with E-state index in [1.807, 2.05) is 6.92 Å². The van der Waals surface area contributed by atoms with Gasteiger partial charge >= 0.3 is 0 Å². The topological polar surface area (TPSA) is 101 Å². The van der Waals surface area contributed by atoms with E-state index in [2.05, 4.69) is 10.0 Å². The minimum atomic E-state index is -3.35. The Morgan fingerprint density at radius 2 is 1.76 bits per heavy atom. The summed E-state index contributed by atoms with van der Waals surface area (Å²) in [6, 6.07) is 5.21. The summed E-state index contributed by atoms with van der Waals surface area (Å²) in [4.78, 5) is 12.0. The fourth-order valence-corrected chi connectivity index (χ4v) is 3.56. The summed E-state index contributed by atoms with van der Waals surface area (Å²) in [5.41, 5.74) is 7.30. The molecule has 0 saturated heterocycles. The maximum absolute atomic E-state index is 12.0. The van der Waals surface area contributed by atoms with Crippen LogP contribution in [0.25, 0.3) is 0 Å². The Kier molecular flexibility index (Phi) is 11.5. The predicted octanol–water partition coefficient (Wildman–Crippen LogP) is 3.42. The molecular weight excluding hydrogens is 362 g/mol. The van der Waals surface area contributed by atoms with Crippen LogP contribution in [-0.2, 0) is 14.8 Å². The Bertz CT molecular complexity index is 636. The monoisotopic (exact) mass is 391 g/mol. The van der Waals surface area contributed by atoms with Gasteiger partial charge in [-0.3, -0.25) is 9.52 Å². The number of unbranched alkanes of at least 4 members (excludes halogenated alkanes) is 3. The molecule has 1 aromatic rings. The molecule has 4 N–H and O–H groups in total. The zero-order chi connectivity index (χ0) is 18.0. The predicted molar refractivity (Wildman–Crippen MR) is 107 cm³/mol. The van der Waals surface area contributed by atoms with E-state index in [0.29, 0.717) is 36.3 Å². The van der Waals surface area contributed by atoms with Crippen molar-refractivity contribution in [2.24, 2.45) is 5.73 Å². The largest absolute Gasteiger partial charge is 0.330 e. The molecule has 0 atom stereocenters. The quantitative estimate of drug-likeness (QED) is 0.503. The molecule has 25 heavy (non-hydrogen) atoms. The highest BCUT2D eigenvalue weighted by molar-refractivity contribution is 7.92. The van der Waals surface area contributed by atoms with Crippen molar-refractivity contribution in [1.82, 2.24) is 0 Å². The van der Waals surface area contributed by atoms with E-state index >= 15 is 0 Å². The van der Waals surface area contributed by atoms with Gasteiger partial charge in [-0.05, 0) is 50.4 Å². The van der Waals surface area contributed by atoms with Gasteiger partial charge in [-0.1, -0.05) is 25.8 Å². The Balaban J connectivity index is 0.00000576. The molecule has 144 valence electrons. The second-order valence-electron chi connectivity index (χ2n) is 5.90. The van der Waals surface area contributed by atoms with Crippen molar-refractivity contribution in [2.45, 2.75) is 52.4 Å². The molecule has 0 unspecified atom stereocenters. The number of halogens is 1. The molecular formula is C17H30ClN3O3S. The van der Waals surface area contributed by atoms with Crippen LogP contribution in [-0.4, -0.2) is 26.6 Å². The molecule has 1 amide bonds. The van der Waals surface area contributed by atoms with E-state index in [4.69, 9.17) is 5.73 Å². The van der Waals surface area contributed by atoms with E-state index in [1.54, 1.807) is 25.1 Å². The van der Waals surface area contributed by atoms with Crippen molar-refractivity contribution < 1.29 is 13.2 Å². The first kappa shape index (κ1) is 23.7. The lowest BCUT2D eigenvalue weighted by molar-refractivity contribution is -0.116. The highest BCUT2D eigenvalue weighted by Crippen LogP contribution is 2.24. The van der Waals surface area contributed by atoms with Crippen molar-refractivity contribution in [3.8, 4) is 0 Å². The van der Waals surface area contributed by atoms with Gasteiger partial charge in [0.15, 0.2) is 0 Å². The Hall–Kier alpha value is -1.31. The van der Waals surface area contributed by atoms with Gasteiger partial charge in [0.2, 0.25) is 15.9 Å². The SMILES string of the molecule is CCCS(=O)(=O)Nc1cccc(NC(=O)CCCCCCN)c1C.Cl. The number of sulfonamides is 1. The average Bonchev–Trinajstić information content (AvgIpc) is 2.51. The van der Waals surface area contributed by atoms with Gasteiger partial charge in [0.25, 0.3) is 0 Å². The third kappa shape index (κ3) is 9.09. The zero-order valence-electron chi connectivity index (χ0n) is 15.0. The van der Waals surface area contributed by atoms with Crippen molar-refractivity contribution in [3.63, 3.8) is 0 Å². The summed E-state index contributed by atoms with van der Waals surface area (Å²) in [5.74, 6) is 0.0191. The average molecular weight is 392 g/mol. The minimum Gasteiger partial charge on any atom is -0.330 e. The van der Waals surface area contributed by atoms with Crippen LogP contribution in [0.4, 0.5) is 11.4 Å². The zero-order valence-corrected chi connectivity index (χ0v) is 16.6. The lowest BCUT2D eigenvalue weighted by Gasteiger charge is -2.14. The van der Waals surface area contributed by atoms with E-state index in [0.717, 1.165) is 25.7 Å². The van der Waals surface area contributed by atoms with E-state index < -0.39 is 10.0 Å². The van der Waals surface area contributed by atoms with Crippen LogP contribution >= 0.6 is 12.4 Å². The van der Waals surface area contributed by atoms with Gasteiger partial charge in [-0.25, -0.2) is 8.42 Å². The number of hydrogen-bond donors (Lipinski definition) is 3. The van der Waals surface area contributed by atoms with Crippen LogP contribution in [0.1, 0.15) is 51.0 Å². The summed E-state index contributed by atoms with van der Waals surface area (Å²) < 4.78 is 26.4. The Labute approximate surface area is 157 Å². The summed E-state index contributed by atoms with van der Waals surface area (Å²) >= 11 is 0. The van der Waals surface area contributed by atoms with Crippen LogP contribution in [0.3, 0.4) is 0 Å². The highest BCUT2D eigenvalue weighted by Gasteiger charge is 2.13. The number of nitrogens with one attached hydrogen (secondary N) is 2. The van der Waals surface area contributed by atoms with E-state index in [1.165, 1.54) is 0 Å². The number of amides is 1. The smallest absolute Gasteiger partial charge is 0.232 e. The molecule has 0 aliphatic rings. The standard InChI is InChI=1S/C17H29N3O3S.ClH/c1-3-13-24(22,23)20-16-10-8-9-15(14(16)2)19-17(21)11-6-4-5-7-12-18;/h8-10,20H,3-7,11-13,18H2,1-2H3,(H,19,21);1H. The summed E-state index contributed by atoms with van der Waals surface area (Å²) in [6.45, 7) is 4.29. The molecule has 0 bridgehead atoms. The van der Waals surface area contributed by atoms with Crippen molar-refractivity contribution >= 4 is 39.7 Å². The molecule has 8 heteroatoms. The lowest BCUT2D eigenvalue weighted by Crippen LogP contribution is -2.18. The Morgan fingerprint density at radius 1 is 1.12 bits per heavy atom. The first-order valence-corrected chi connectivity index (χ1v) is 10.1. The minimum absolute atomic E-state index is 0. The fraction of sp³-hybridized carbons (Fsp3) is 0.588. The van der Waals surface area contributed by atoms with Gasteiger partial charge in [0.1, 0.15) is 0 Å². The molecule has 0 aliphatic carbocycles. The van der Waals surface area contributed by atoms with Crippen LogP contribution in [0.2, 0.25) is 0 Å². The van der Waals surface area contributed by atoms with Crippen LogP contribution in [0.5, 0.6) is 0 Å². The molecule has 0 spiro atoms. The van der Waals surface area contributed by atoms with Crippen molar-refractivity contribution in [2.75, 3.05) is 22.3 Å². The number of hydrogen-bond acceptors (Lipinski definition) is 4. The molecule has 0 aliphatic heterocycles. The number of benzene rings is 1. The summed E-state index contributed by atoms with van der Waals surface area (Å²) in [5, 5.41) is 2.86. The van der Waals surface area contributed by atoms with Crippen LogP contribution in [0, 0.1) is 6.92 Å². The number of carbonyl (C=O) groups is 1. The third-order valence-corrected chi connectivity index (χ3v) is 5.18. The van der Waals surface area contributed by atoms with Crippen molar-refractivity contribution in [1.29, 1.82) is 0 Å². The maximum Gasteiger partial charge on any atom is 0.232 e. The van der Waals surface area contributed by atoms with E-state index in [-0.39, 0.29) is 24.1 Å². The molecule has 0 heterocycles. The first-order chi connectivity index (χ1) is 11.4. The second kappa shape index (κ2) is 12.1. The number of nitrogens with two attached hydrogens (primary N) is 1. The van der Waals surface area contributed by atoms with Gasteiger partial charge in [-0.2, -0.15) is 0 Å². The molecule has 0 saturated carbocycles. The highest BCUT2D eigenvalue weighted by atomic mass is 35.5. The van der Waals surface area contributed by atoms with Crippen molar-refractivity contribution in [3.05, 3.63) is 23.8 Å². The summed E-state index contributed by atoms with van der Waals surface area (Å²) in [6.07, 6.45) is 4.84. The fourth-order valence-electron chi connectivity index (χ4n) is 2.37. The second-order valence-corrected chi connectivity index (χ2v) is 7.74. The Morgan fingerprint density at radius 3 is 2.40 bits per heavy atom. The maximum atomic E-state index is 12.0. The van der Waals surface area contributed by atoms with E-state index in [9.17, 15) is 13.2 Å². The molecule has 0 fully saturated rings. The molecule has 0 aromatic heterocycles. The normalized spacial score (nSPS) is 10.8. The molecule has 1 aromatic carbocycles. The van der Waals surface area contributed by atoms with Gasteiger partial charge in [0, 0.05) is 12.1 Å². The summed E-state index contributed by atoms with van der Waals surface area (Å²) in [7, 11) is -3.35. The number of anilines is 2. The van der Waals surface area contributed by atoms with Gasteiger partial charge in [0.05, 0.1) is 11.4 Å². The first-order valence-electron chi connectivity index (χ1n) is 8.49. The van der Waals surface area contributed by atoms with Gasteiger partial charge in [-0.15, -0.1) is 12.4 Å². The lowest BCUT2D eigenvalue weighted by atomic mass is 10.1. The number of rotatable bonds is 11. The van der Waals surface area contributed by atoms with Crippen LogP contribution < -0.4 is 15.8 Å².